The molecule has 1 atom stereocenters. The predicted molar refractivity (Wildman–Crippen MR) is 65.9 cm³/mol. The molecule has 0 saturated heterocycles. The molecule has 1 aliphatic rings. The number of amides is 1. The first-order valence-corrected chi connectivity index (χ1v) is 7.15. The average molecular weight is 230 g/mol. The molecule has 3 nitrogen and oxygen atoms in total. The highest BCUT2D eigenvalue weighted by Gasteiger charge is 2.18. The fourth-order valence-electron chi connectivity index (χ4n) is 1.97. The molecule has 0 spiro atoms. The number of thioether (sulfide) groups is 1. The van der Waals surface area contributed by atoms with Crippen LogP contribution in [-0.4, -0.2) is 30.5 Å². The van der Waals surface area contributed by atoms with Gasteiger partial charge in [0.05, 0.1) is 6.04 Å². The van der Waals surface area contributed by atoms with Crippen molar-refractivity contribution in [3.63, 3.8) is 0 Å². The molecule has 0 aromatic heterocycles. The minimum absolute atomic E-state index is 0.0240. The van der Waals surface area contributed by atoms with Crippen LogP contribution in [0.2, 0.25) is 0 Å². The largest absolute Gasteiger partial charge is 0.354 e. The van der Waals surface area contributed by atoms with Gasteiger partial charge in [-0.1, -0.05) is 12.8 Å². The minimum atomic E-state index is -0.321. The van der Waals surface area contributed by atoms with E-state index in [0.29, 0.717) is 5.92 Å². The van der Waals surface area contributed by atoms with Gasteiger partial charge in [0.1, 0.15) is 0 Å². The molecule has 0 aliphatic heterocycles. The molecule has 0 heterocycles. The molecule has 1 aliphatic carbocycles. The summed E-state index contributed by atoms with van der Waals surface area (Å²) in [7, 11) is 0. The van der Waals surface area contributed by atoms with Crippen molar-refractivity contribution in [3.8, 4) is 0 Å². The van der Waals surface area contributed by atoms with Crippen molar-refractivity contribution >= 4 is 17.7 Å². The van der Waals surface area contributed by atoms with Crippen molar-refractivity contribution in [1.29, 1.82) is 0 Å². The third-order valence-electron chi connectivity index (χ3n) is 3.01. The summed E-state index contributed by atoms with van der Waals surface area (Å²) in [5.41, 5.74) is 5.76. The Balaban J connectivity index is 2.11. The van der Waals surface area contributed by atoms with E-state index in [9.17, 15) is 4.79 Å². The fourth-order valence-corrected chi connectivity index (χ4v) is 2.46. The molecular formula is C11H22N2OS. The maximum absolute atomic E-state index is 11.6. The van der Waals surface area contributed by atoms with E-state index in [1.165, 1.54) is 25.7 Å². The van der Waals surface area contributed by atoms with Crippen LogP contribution in [0, 0.1) is 5.92 Å². The molecule has 1 amide bonds. The number of carbonyl (C=O) groups excluding carboxylic acids is 1. The molecular weight excluding hydrogens is 208 g/mol. The van der Waals surface area contributed by atoms with Gasteiger partial charge >= 0.3 is 0 Å². The number of carbonyl (C=O) groups is 1. The van der Waals surface area contributed by atoms with E-state index in [1.54, 1.807) is 11.8 Å². The Morgan fingerprint density at radius 1 is 1.53 bits per heavy atom. The number of nitrogens with one attached hydrogen (secondary N) is 1. The zero-order valence-electron chi connectivity index (χ0n) is 9.50. The van der Waals surface area contributed by atoms with Crippen molar-refractivity contribution < 1.29 is 4.79 Å². The topological polar surface area (TPSA) is 55.1 Å². The highest BCUT2D eigenvalue weighted by Crippen LogP contribution is 2.23. The lowest BCUT2D eigenvalue weighted by Gasteiger charge is -2.14. The molecule has 0 aromatic rings. The van der Waals surface area contributed by atoms with Gasteiger partial charge < -0.3 is 11.1 Å². The molecule has 1 rings (SSSR count). The van der Waals surface area contributed by atoms with Gasteiger partial charge in [0.25, 0.3) is 0 Å². The Kier molecular flexibility index (Phi) is 6.10. The monoisotopic (exact) mass is 230 g/mol. The van der Waals surface area contributed by atoms with Gasteiger partial charge in [-0.15, -0.1) is 0 Å². The maximum atomic E-state index is 11.6. The Morgan fingerprint density at radius 3 is 2.80 bits per heavy atom. The fraction of sp³-hybridized carbons (Fsp3) is 0.909. The Hall–Kier alpha value is -0.220. The SMILES string of the molecule is CSCC[C@H](N)C(=O)NCC1CCCC1. The van der Waals surface area contributed by atoms with Crippen molar-refractivity contribution in [1.82, 2.24) is 5.32 Å². The zero-order chi connectivity index (χ0) is 11.1. The third-order valence-corrected chi connectivity index (χ3v) is 3.65. The van der Waals surface area contributed by atoms with Gasteiger partial charge in [-0.25, -0.2) is 0 Å². The smallest absolute Gasteiger partial charge is 0.236 e. The molecule has 0 aromatic carbocycles. The zero-order valence-corrected chi connectivity index (χ0v) is 10.3. The van der Waals surface area contributed by atoms with Crippen LogP contribution >= 0.6 is 11.8 Å². The maximum Gasteiger partial charge on any atom is 0.236 e. The lowest BCUT2D eigenvalue weighted by Crippen LogP contribution is -2.42. The second-order valence-corrected chi connectivity index (χ2v) is 5.27. The molecule has 3 N–H and O–H groups in total. The highest BCUT2D eigenvalue weighted by molar-refractivity contribution is 7.98. The van der Waals surface area contributed by atoms with Crippen molar-refractivity contribution in [2.75, 3.05) is 18.6 Å². The number of rotatable bonds is 6. The Labute approximate surface area is 96.6 Å². The van der Waals surface area contributed by atoms with Crippen molar-refractivity contribution in [2.24, 2.45) is 11.7 Å². The minimum Gasteiger partial charge on any atom is -0.354 e. The summed E-state index contributed by atoms with van der Waals surface area (Å²) in [4.78, 5) is 11.6. The Bertz CT molecular complexity index is 193. The standard InChI is InChI=1S/C11H22N2OS/c1-15-7-6-10(12)11(14)13-8-9-4-2-3-5-9/h9-10H,2-8,12H2,1H3,(H,13,14)/t10-/m0/s1. The van der Waals surface area contributed by atoms with Gasteiger partial charge in [-0.3, -0.25) is 4.79 Å². The first-order valence-electron chi connectivity index (χ1n) is 5.76. The van der Waals surface area contributed by atoms with E-state index >= 15 is 0 Å². The summed E-state index contributed by atoms with van der Waals surface area (Å²) in [6.07, 6.45) is 7.97. The Morgan fingerprint density at radius 2 is 2.20 bits per heavy atom. The highest BCUT2D eigenvalue weighted by atomic mass is 32.2. The summed E-state index contributed by atoms with van der Waals surface area (Å²) >= 11 is 1.73. The molecule has 0 radical (unpaired) electrons. The summed E-state index contributed by atoms with van der Waals surface area (Å²) in [5.74, 6) is 1.68. The van der Waals surface area contributed by atoms with Crippen LogP contribution in [0.25, 0.3) is 0 Å². The van der Waals surface area contributed by atoms with Gasteiger partial charge in [0.2, 0.25) is 5.91 Å². The lowest BCUT2D eigenvalue weighted by molar-refractivity contribution is -0.122. The molecule has 88 valence electrons. The molecule has 1 fully saturated rings. The molecule has 1 saturated carbocycles. The molecule has 15 heavy (non-hydrogen) atoms. The van der Waals surface area contributed by atoms with Crippen LogP contribution < -0.4 is 11.1 Å². The van der Waals surface area contributed by atoms with Gasteiger partial charge in [0.15, 0.2) is 0 Å². The summed E-state index contributed by atoms with van der Waals surface area (Å²) in [6.45, 7) is 0.825. The first kappa shape index (κ1) is 12.8. The second-order valence-electron chi connectivity index (χ2n) is 4.28. The van der Waals surface area contributed by atoms with E-state index in [0.717, 1.165) is 18.7 Å². The van der Waals surface area contributed by atoms with E-state index in [1.807, 2.05) is 6.26 Å². The van der Waals surface area contributed by atoms with Crippen LogP contribution in [0.15, 0.2) is 0 Å². The third kappa shape index (κ3) is 4.89. The van der Waals surface area contributed by atoms with Crippen molar-refractivity contribution in [3.05, 3.63) is 0 Å². The molecule has 4 heteroatoms. The van der Waals surface area contributed by atoms with Crippen LogP contribution in [0.3, 0.4) is 0 Å². The van der Waals surface area contributed by atoms with Gasteiger partial charge in [-0.2, -0.15) is 11.8 Å². The summed E-state index contributed by atoms with van der Waals surface area (Å²) in [5, 5.41) is 2.96. The lowest BCUT2D eigenvalue weighted by atomic mass is 10.1. The number of hydrogen-bond acceptors (Lipinski definition) is 3. The summed E-state index contributed by atoms with van der Waals surface area (Å²) < 4.78 is 0. The van der Waals surface area contributed by atoms with Crippen LogP contribution in [-0.2, 0) is 4.79 Å². The van der Waals surface area contributed by atoms with Crippen LogP contribution in [0.4, 0.5) is 0 Å². The van der Waals surface area contributed by atoms with Gasteiger partial charge in [-0.05, 0) is 37.2 Å². The van der Waals surface area contributed by atoms with Crippen LogP contribution in [0.5, 0.6) is 0 Å². The normalized spacial score (nSPS) is 19.1. The predicted octanol–water partition coefficient (Wildman–Crippen LogP) is 1.37. The van der Waals surface area contributed by atoms with E-state index in [4.69, 9.17) is 5.73 Å². The van der Waals surface area contributed by atoms with Crippen molar-refractivity contribution in [2.45, 2.75) is 38.1 Å². The van der Waals surface area contributed by atoms with E-state index in [2.05, 4.69) is 5.32 Å². The van der Waals surface area contributed by atoms with E-state index < -0.39 is 0 Å². The number of hydrogen-bond donors (Lipinski definition) is 2. The molecule has 0 unspecified atom stereocenters. The number of nitrogens with two attached hydrogens (primary N) is 1. The molecule has 0 bridgehead atoms. The van der Waals surface area contributed by atoms with Crippen LogP contribution in [0.1, 0.15) is 32.1 Å². The van der Waals surface area contributed by atoms with Gasteiger partial charge in [0, 0.05) is 6.54 Å². The first-order chi connectivity index (χ1) is 7.24. The summed E-state index contributed by atoms with van der Waals surface area (Å²) in [6, 6.07) is -0.321. The quantitative estimate of drug-likeness (QED) is 0.724. The average Bonchev–Trinajstić information content (AvgIpc) is 2.75. The second kappa shape index (κ2) is 7.12. The van der Waals surface area contributed by atoms with E-state index in [-0.39, 0.29) is 11.9 Å².